The Balaban J connectivity index is 1.73. The van der Waals surface area contributed by atoms with Crippen molar-refractivity contribution in [2.24, 2.45) is 5.92 Å². The first-order valence-corrected chi connectivity index (χ1v) is 8.71. The van der Waals surface area contributed by atoms with Crippen molar-refractivity contribution in [1.82, 2.24) is 14.7 Å². The fourth-order valence-electron chi connectivity index (χ4n) is 3.93. The number of rotatable bonds is 2. The van der Waals surface area contributed by atoms with Gasteiger partial charge in [-0.25, -0.2) is 9.18 Å². The van der Waals surface area contributed by atoms with E-state index >= 15 is 0 Å². The Morgan fingerprint density at radius 3 is 2.54 bits per heavy atom. The third-order valence-electron chi connectivity index (χ3n) is 5.20. The quantitative estimate of drug-likeness (QED) is 0.743. The first-order valence-electron chi connectivity index (χ1n) is 8.71. The van der Waals surface area contributed by atoms with Gasteiger partial charge in [0.1, 0.15) is 5.82 Å². The molecule has 0 aromatic heterocycles. The highest BCUT2D eigenvalue weighted by atomic mass is 19.4. The van der Waals surface area contributed by atoms with Gasteiger partial charge in [0.05, 0.1) is 5.56 Å². The number of halogens is 4. The Bertz CT molecular complexity index is 677. The molecule has 2 amide bonds. The summed E-state index contributed by atoms with van der Waals surface area (Å²) in [5.41, 5.74) is -0.713. The summed E-state index contributed by atoms with van der Waals surface area (Å²) in [5, 5.41) is 0. The van der Waals surface area contributed by atoms with E-state index in [4.69, 9.17) is 0 Å². The van der Waals surface area contributed by atoms with Gasteiger partial charge in [0, 0.05) is 46.3 Å². The molecule has 3 aliphatic heterocycles. The second kappa shape index (κ2) is 7.06. The van der Waals surface area contributed by atoms with Gasteiger partial charge in [0.15, 0.2) is 0 Å². The molecule has 1 aromatic rings. The molecule has 8 heteroatoms. The predicted molar refractivity (Wildman–Crippen MR) is 89.0 cm³/mol. The maximum Gasteiger partial charge on any atom is 0.419 e. The van der Waals surface area contributed by atoms with E-state index in [2.05, 4.69) is 4.90 Å². The third kappa shape index (κ3) is 3.95. The maximum atomic E-state index is 13.8. The number of hydrogen-bond acceptors (Lipinski definition) is 2. The summed E-state index contributed by atoms with van der Waals surface area (Å²) in [7, 11) is 3.44. The normalized spacial score (nSPS) is 23.8. The Morgan fingerprint density at radius 2 is 1.92 bits per heavy atom. The van der Waals surface area contributed by atoms with Gasteiger partial charge in [-0.2, -0.15) is 13.2 Å². The molecule has 26 heavy (non-hydrogen) atoms. The van der Waals surface area contributed by atoms with Gasteiger partial charge in [0.2, 0.25) is 0 Å². The first kappa shape index (κ1) is 18.9. The number of hydrogen-bond donors (Lipinski definition) is 0. The number of piperidine rings is 1. The first-order chi connectivity index (χ1) is 12.1. The number of fused-ring (bicyclic) bond motifs is 4. The molecular formula is C18H23F4N3O. The molecule has 0 radical (unpaired) electrons. The highest BCUT2D eigenvalue weighted by Crippen LogP contribution is 2.33. The molecule has 3 heterocycles. The van der Waals surface area contributed by atoms with E-state index in [-0.39, 0.29) is 12.1 Å². The monoisotopic (exact) mass is 373 g/mol. The summed E-state index contributed by atoms with van der Waals surface area (Å²) in [6, 6.07) is 3.24. The Labute approximate surface area is 150 Å². The van der Waals surface area contributed by atoms with Crippen LogP contribution in [0.15, 0.2) is 18.2 Å². The van der Waals surface area contributed by atoms with Crippen LogP contribution in [-0.4, -0.2) is 60.5 Å². The van der Waals surface area contributed by atoms with E-state index in [0.717, 1.165) is 31.5 Å². The summed E-state index contributed by atoms with van der Waals surface area (Å²) in [6.07, 6.45) is -2.72. The van der Waals surface area contributed by atoms with Gasteiger partial charge < -0.3 is 9.80 Å². The lowest BCUT2D eigenvalue weighted by molar-refractivity contribution is -0.140. The second-order valence-corrected chi connectivity index (χ2v) is 7.42. The van der Waals surface area contributed by atoms with Crippen LogP contribution in [0.3, 0.4) is 0 Å². The SMILES string of the molecule is CN(C)C(=O)N1C[C@@H]2CC[C@H](C1)N(Cc1ccc(C(F)(F)F)c(F)c1)C2. The third-order valence-corrected chi connectivity index (χ3v) is 5.20. The number of nitrogens with zero attached hydrogens (tertiary/aromatic N) is 3. The zero-order chi connectivity index (χ0) is 19.1. The average Bonchev–Trinajstić information content (AvgIpc) is 2.84. The van der Waals surface area contributed by atoms with Crippen LogP contribution in [0.1, 0.15) is 24.0 Å². The van der Waals surface area contributed by atoms with Crippen molar-refractivity contribution in [1.29, 1.82) is 0 Å². The molecule has 3 aliphatic rings. The lowest BCUT2D eigenvalue weighted by Crippen LogP contribution is -2.45. The topological polar surface area (TPSA) is 26.8 Å². The van der Waals surface area contributed by atoms with Crippen LogP contribution in [0.4, 0.5) is 22.4 Å². The molecule has 0 unspecified atom stereocenters. The van der Waals surface area contributed by atoms with E-state index in [0.29, 0.717) is 31.1 Å². The summed E-state index contributed by atoms with van der Waals surface area (Å²) in [4.78, 5) is 17.9. The highest BCUT2D eigenvalue weighted by molar-refractivity contribution is 5.74. The Hall–Kier alpha value is -1.83. The second-order valence-electron chi connectivity index (χ2n) is 7.42. The van der Waals surface area contributed by atoms with Crippen molar-refractivity contribution in [2.75, 3.05) is 33.7 Å². The molecule has 0 N–H and O–H groups in total. The van der Waals surface area contributed by atoms with E-state index in [1.807, 2.05) is 4.90 Å². The number of urea groups is 1. The summed E-state index contributed by atoms with van der Waals surface area (Å²) < 4.78 is 51.9. The van der Waals surface area contributed by atoms with Gasteiger partial charge in [-0.15, -0.1) is 0 Å². The van der Waals surface area contributed by atoms with Gasteiger partial charge in [-0.05, 0) is 36.5 Å². The van der Waals surface area contributed by atoms with Gasteiger partial charge in [-0.3, -0.25) is 4.90 Å². The van der Waals surface area contributed by atoms with Crippen LogP contribution < -0.4 is 0 Å². The fourth-order valence-corrected chi connectivity index (χ4v) is 3.93. The number of alkyl halides is 3. The van der Waals surface area contributed by atoms with Crippen LogP contribution in [0.2, 0.25) is 0 Å². The fraction of sp³-hybridized carbons (Fsp3) is 0.611. The van der Waals surface area contributed by atoms with Crippen molar-refractivity contribution < 1.29 is 22.4 Å². The predicted octanol–water partition coefficient (Wildman–Crippen LogP) is 3.42. The van der Waals surface area contributed by atoms with Crippen LogP contribution in [-0.2, 0) is 12.7 Å². The lowest BCUT2D eigenvalue weighted by Gasteiger charge is -2.36. The van der Waals surface area contributed by atoms with E-state index in [9.17, 15) is 22.4 Å². The molecule has 3 fully saturated rings. The van der Waals surface area contributed by atoms with E-state index < -0.39 is 17.6 Å². The molecule has 144 valence electrons. The minimum absolute atomic E-state index is 0.0238. The van der Waals surface area contributed by atoms with Crippen molar-refractivity contribution in [3.8, 4) is 0 Å². The van der Waals surface area contributed by atoms with Crippen molar-refractivity contribution in [3.63, 3.8) is 0 Å². The molecular weight excluding hydrogens is 350 g/mol. The number of carbonyl (C=O) groups is 1. The molecule has 3 saturated heterocycles. The smallest absolute Gasteiger partial charge is 0.331 e. The van der Waals surface area contributed by atoms with Crippen LogP contribution >= 0.6 is 0 Å². The molecule has 2 bridgehead atoms. The van der Waals surface area contributed by atoms with Gasteiger partial charge >= 0.3 is 12.2 Å². The zero-order valence-corrected chi connectivity index (χ0v) is 14.9. The zero-order valence-electron chi connectivity index (χ0n) is 14.9. The Morgan fingerprint density at radius 1 is 1.19 bits per heavy atom. The number of amides is 2. The Kier molecular flexibility index (Phi) is 5.14. The molecule has 0 aliphatic carbocycles. The van der Waals surface area contributed by atoms with Crippen LogP contribution in [0.5, 0.6) is 0 Å². The molecule has 1 aromatic carbocycles. The minimum Gasteiger partial charge on any atom is -0.331 e. The molecule has 4 nitrogen and oxygen atoms in total. The van der Waals surface area contributed by atoms with Crippen LogP contribution in [0.25, 0.3) is 0 Å². The summed E-state index contributed by atoms with van der Waals surface area (Å²) >= 11 is 0. The van der Waals surface area contributed by atoms with E-state index in [1.165, 1.54) is 6.07 Å². The average molecular weight is 373 g/mol. The molecule has 4 rings (SSSR count). The summed E-state index contributed by atoms with van der Waals surface area (Å²) in [5.74, 6) is -0.906. The largest absolute Gasteiger partial charge is 0.419 e. The number of carbonyl (C=O) groups excluding carboxylic acids is 1. The maximum absolute atomic E-state index is 13.8. The lowest BCUT2D eigenvalue weighted by atomic mass is 9.94. The molecule has 0 saturated carbocycles. The van der Waals surface area contributed by atoms with E-state index in [1.54, 1.807) is 19.0 Å². The highest BCUT2D eigenvalue weighted by Gasteiger charge is 2.37. The van der Waals surface area contributed by atoms with Crippen molar-refractivity contribution in [2.45, 2.75) is 31.6 Å². The van der Waals surface area contributed by atoms with Gasteiger partial charge in [-0.1, -0.05) is 6.07 Å². The minimum atomic E-state index is -4.68. The summed E-state index contributed by atoms with van der Waals surface area (Å²) in [6.45, 7) is 2.44. The molecule has 2 atom stereocenters. The number of benzene rings is 1. The van der Waals surface area contributed by atoms with Crippen molar-refractivity contribution in [3.05, 3.63) is 35.1 Å². The standard InChI is InChI=1S/C18H23F4N3O/c1-23(2)17(26)25-10-13-3-5-14(11-25)24(9-13)8-12-4-6-15(16(19)7-12)18(20,21)22/h4,6-7,13-14H,3,5,8-11H2,1-2H3/t13-,14-/m1/s1. The molecule has 0 spiro atoms. The van der Waals surface area contributed by atoms with Crippen molar-refractivity contribution >= 4 is 6.03 Å². The van der Waals surface area contributed by atoms with Gasteiger partial charge in [0.25, 0.3) is 0 Å². The van der Waals surface area contributed by atoms with Crippen LogP contribution in [0, 0.1) is 11.7 Å².